The summed E-state index contributed by atoms with van der Waals surface area (Å²) in [7, 11) is 1.86. The Morgan fingerprint density at radius 1 is 1.06 bits per heavy atom. The Morgan fingerprint density at radius 3 is 2.00 bits per heavy atom. The van der Waals surface area contributed by atoms with Gasteiger partial charge in [0.05, 0.1) is 23.8 Å². The first-order chi connectivity index (χ1) is 8.15. The summed E-state index contributed by atoms with van der Waals surface area (Å²) in [5, 5.41) is 2.99. The minimum absolute atomic E-state index is 0.674. The van der Waals surface area contributed by atoms with Gasteiger partial charge in [0.15, 0.2) is 0 Å². The standard InChI is InChI=1S/C6H7BrN2.C5H5BrN2/c1-8-6-4-9-3-2-5(6)7;6-4-1-2-8-3-5(4)7/h2-4,8H,1H3;1-3H,7H2. The maximum atomic E-state index is 5.41. The van der Waals surface area contributed by atoms with Crippen LogP contribution in [-0.4, -0.2) is 17.0 Å². The van der Waals surface area contributed by atoms with Crippen LogP contribution in [-0.2, 0) is 0 Å². The van der Waals surface area contributed by atoms with Crippen LogP contribution in [0.15, 0.2) is 45.9 Å². The van der Waals surface area contributed by atoms with Gasteiger partial charge < -0.3 is 11.1 Å². The predicted octanol–water partition coefficient (Wildman–Crippen LogP) is 3.31. The Balaban J connectivity index is 0.000000171. The molecule has 0 atom stereocenters. The van der Waals surface area contributed by atoms with Crippen molar-refractivity contribution in [3.8, 4) is 0 Å². The van der Waals surface area contributed by atoms with Crippen LogP contribution < -0.4 is 11.1 Å². The van der Waals surface area contributed by atoms with Crippen LogP contribution in [0.3, 0.4) is 0 Å². The van der Waals surface area contributed by atoms with Crippen LogP contribution in [0.4, 0.5) is 11.4 Å². The topological polar surface area (TPSA) is 63.8 Å². The number of halogens is 2. The van der Waals surface area contributed by atoms with E-state index in [2.05, 4.69) is 47.1 Å². The Hall–Kier alpha value is -1.14. The van der Waals surface area contributed by atoms with Gasteiger partial charge in [-0.1, -0.05) is 0 Å². The molecule has 2 rings (SSSR count). The maximum Gasteiger partial charge on any atom is 0.0668 e. The zero-order chi connectivity index (χ0) is 12.7. The van der Waals surface area contributed by atoms with Crippen molar-refractivity contribution in [2.45, 2.75) is 0 Å². The van der Waals surface area contributed by atoms with Gasteiger partial charge in [-0.05, 0) is 44.0 Å². The first kappa shape index (κ1) is 13.9. The molecule has 2 heterocycles. The van der Waals surface area contributed by atoms with E-state index in [-0.39, 0.29) is 0 Å². The Bertz CT molecular complexity index is 456. The van der Waals surface area contributed by atoms with Gasteiger partial charge in [-0.3, -0.25) is 9.97 Å². The van der Waals surface area contributed by atoms with Gasteiger partial charge >= 0.3 is 0 Å². The van der Waals surface area contributed by atoms with Crippen LogP contribution in [0.25, 0.3) is 0 Å². The number of nitrogen functional groups attached to an aromatic ring is 1. The summed E-state index contributed by atoms with van der Waals surface area (Å²) in [4.78, 5) is 7.71. The lowest BCUT2D eigenvalue weighted by atomic mass is 10.4. The van der Waals surface area contributed by atoms with Gasteiger partial charge in [-0.2, -0.15) is 0 Å². The highest BCUT2D eigenvalue weighted by Crippen LogP contribution is 2.18. The zero-order valence-electron chi connectivity index (χ0n) is 9.19. The third-order valence-corrected chi connectivity index (χ3v) is 3.25. The second-order valence-corrected chi connectivity index (χ2v) is 4.71. The highest BCUT2D eigenvalue weighted by atomic mass is 79.9. The molecule has 2 aromatic heterocycles. The van der Waals surface area contributed by atoms with Gasteiger partial charge in [-0.15, -0.1) is 0 Å². The van der Waals surface area contributed by atoms with E-state index in [1.807, 2.05) is 13.1 Å². The average molecular weight is 360 g/mol. The van der Waals surface area contributed by atoms with Crippen LogP contribution >= 0.6 is 31.9 Å². The van der Waals surface area contributed by atoms with Crippen LogP contribution in [0.5, 0.6) is 0 Å². The van der Waals surface area contributed by atoms with E-state index in [4.69, 9.17) is 5.73 Å². The maximum absolute atomic E-state index is 5.41. The van der Waals surface area contributed by atoms with Crippen molar-refractivity contribution < 1.29 is 0 Å². The summed E-state index contributed by atoms with van der Waals surface area (Å²) < 4.78 is 1.94. The van der Waals surface area contributed by atoms with Crippen molar-refractivity contribution in [3.05, 3.63) is 45.9 Å². The molecule has 2 aromatic rings. The molecule has 0 aliphatic heterocycles. The van der Waals surface area contributed by atoms with Crippen molar-refractivity contribution >= 4 is 43.2 Å². The summed E-state index contributed by atoms with van der Waals surface area (Å²) in [6.45, 7) is 0. The molecule has 0 saturated carbocycles. The minimum atomic E-state index is 0.674. The molecule has 0 aromatic carbocycles. The number of rotatable bonds is 1. The van der Waals surface area contributed by atoms with E-state index >= 15 is 0 Å². The molecule has 6 heteroatoms. The second kappa shape index (κ2) is 7.24. The van der Waals surface area contributed by atoms with Crippen molar-refractivity contribution in [1.29, 1.82) is 0 Å². The largest absolute Gasteiger partial charge is 0.397 e. The summed E-state index contributed by atoms with van der Waals surface area (Å²) in [5.74, 6) is 0. The molecule has 0 fully saturated rings. The molecule has 17 heavy (non-hydrogen) atoms. The van der Waals surface area contributed by atoms with E-state index in [0.717, 1.165) is 14.6 Å². The summed E-state index contributed by atoms with van der Waals surface area (Å²) >= 11 is 6.58. The van der Waals surface area contributed by atoms with Gasteiger partial charge in [0.2, 0.25) is 0 Å². The number of hydrogen-bond acceptors (Lipinski definition) is 4. The SMILES string of the molecule is CNc1cnccc1Br.Nc1cnccc1Br. The van der Waals surface area contributed by atoms with Crippen molar-refractivity contribution in [3.63, 3.8) is 0 Å². The van der Waals surface area contributed by atoms with Crippen molar-refractivity contribution in [2.24, 2.45) is 0 Å². The number of pyridine rings is 2. The third-order valence-electron chi connectivity index (χ3n) is 1.83. The molecule has 0 amide bonds. The van der Waals surface area contributed by atoms with Crippen molar-refractivity contribution in [2.75, 3.05) is 18.1 Å². The third kappa shape index (κ3) is 4.70. The molecule has 0 aliphatic rings. The van der Waals surface area contributed by atoms with Crippen molar-refractivity contribution in [1.82, 2.24) is 9.97 Å². The number of nitrogens with zero attached hydrogens (tertiary/aromatic N) is 2. The van der Waals surface area contributed by atoms with E-state index in [1.165, 1.54) is 0 Å². The predicted molar refractivity (Wildman–Crippen MR) is 77.8 cm³/mol. The van der Waals surface area contributed by atoms with E-state index in [9.17, 15) is 0 Å². The molecular formula is C11H12Br2N4. The number of aromatic nitrogens is 2. The molecule has 0 saturated heterocycles. The summed E-state index contributed by atoms with van der Waals surface area (Å²) in [6.07, 6.45) is 6.79. The van der Waals surface area contributed by atoms with Crippen LogP contribution in [0.2, 0.25) is 0 Å². The molecule has 0 radical (unpaired) electrons. The number of nitrogens with two attached hydrogens (primary N) is 1. The number of anilines is 2. The lowest BCUT2D eigenvalue weighted by Crippen LogP contribution is -1.88. The quantitative estimate of drug-likeness (QED) is 0.819. The molecule has 0 spiro atoms. The molecule has 3 N–H and O–H groups in total. The second-order valence-electron chi connectivity index (χ2n) is 3.00. The monoisotopic (exact) mass is 358 g/mol. The lowest BCUT2D eigenvalue weighted by molar-refractivity contribution is 1.30. The Kier molecular flexibility index (Phi) is 5.93. The average Bonchev–Trinajstić information content (AvgIpc) is 2.34. The Morgan fingerprint density at radius 2 is 1.65 bits per heavy atom. The molecule has 90 valence electrons. The van der Waals surface area contributed by atoms with E-state index in [0.29, 0.717) is 5.69 Å². The van der Waals surface area contributed by atoms with Gasteiger partial charge in [0.1, 0.15) is 0 Å². The summed E-state index contributed by atoms with van der Waals surface area (Å²) in [5.41, 5.74) is 7.10. The highest BCUT2D eigenvalue weighted by molar-refractivity contribution is 9.11. The fourth-order valence-electron chi connectivity index (χ4n) is 0.951. The van der Waals surface area contributed by atoms with Gasteiger partial charge in [0, 0.05) is 28.4 Å². The highest BCUT2D eigenvalue weighted by Gasteiger charge is 1.91. The smallest absolute Gasteiger partial charge is 0.0668 e. The molecule has 0 unspecified atom stereocenters. The molecular weight excluding hydrogens is 348 g/mol. The van der Waals surface area contributed by atoms with Crippen LogP contribution in [0, 0.1) is 0 Å². The first-order valence-corrected chi connectivity index (χ1v) is 6.36. The Labute approximate surface area is 117 Å². The molecule has 4 nitrogen and oxygen atoms in total. The minimum Gasteiger partial charge on any atom is -0.397 e. The lowest BCUT2D eigenvalue weighted by Gasteiger charge is -1.98. The number of hydrogen-bond donors (Lipinski definition) is 2. The normalized spacial score (nSPS) is 9.12. The van der Waals surface area contributed by atoms with Crippen LogP contribution in [0.1, 0.15) is 0 Å². The van der Waals surface area contributed by atoms with Gasteiger partial charge in [-0.25, -0.2) is 0 Å². The summed E-state index contributed by atoms with van der Waals surface area (Å²) in [6, 6.07) is 3.70. The molecule has 0 aliphatic carbocycles. The van der Waals surface area contributed by atoms with E-state index < -0.39 is 0 Å². The van der Waals surface area contributed by atoms with E-state index in [1.54, 1.807) is 30.9 Å². The van der Waals surface area contributed by atoms with Gasteiger partial charge in [0.25, 0.3) is 0 Å². The molecule has 0 bridgehead atoms. The zero-order valence-corrected chi connectivity index (χ0v) is 12.4. The first-order valence-electron chi connectivity index (χ1n) is 4.77. The fourth-order valence-corrected chi connectivity index (χ4v) is 1.59. The number of nitrogens with one attached hydrogen (secondary N) is 1. The fraction of sp³-hybridized carbons (Fsp3) is 0.0909.